The maximum atomic E-state index is 14.2. The number of methoxy groups -OCH3 is 1. The van der Waals surface area contributed by atoms with Gasteiger partial charge in [-0.05, 0) is 55.8 Å². The molecule has 1 aliphatic rings. The summed E-state index contributed by atoms with van der Waals surface area (Å²) in [7, 11) is 3.41. The summed E-state index contributed by atoms with van der Waals surface area (Å²) in [5.41, 5.74) is 1.45. The molecule has 2 aromatic rings. The molecular weight excluding hydrogens is 395 g/mol. The van der Waals surface area contributed by atoms with Crippen molar-refractivity contribution < 1.29 is 18.7 Å². The summed E-state index contributed by atoms with van der Waals surface area (Å²) in [6.07, 6.45) is 0. The summed E-state index contributed by atoms with van der Waals surface area (Å²) in [6, 6.07) is 9.91. The first-order chi connectivity index (χ1) is 13.8. The molecule has 3 rings (SSSR count). The summed E-state index contributed by atoms with van der Waals surface area (Å²) in [4.78, 5) is 16.1. The molecule has 29 heavy (non-hydrogen) atoms. The van der Waals surface area contributed by atoms with Gasteiger partial charge in [0.15, 0.2) is 0 Å². The number of piperazine rings is 1. The molecular formula is C22H26ClFN2O3. The number of nitrogens with zero attached hydrogens (tertiary/aromatic N) is 2. The molecule has 0 N–H and O–H groups in total. The van der Waals surface area contributed by atoms with Crippen molar-refractivity contribution in [1.29, 1.82) is 0 Å². The first-order valence-electron chi connectivity index (χ1n) is 9.54. The lowest BCUT2D eigenvalue weighted by atomic mass is 9.98. The fraction of sp³-hybridized carbons (Fsp3) is 0.409. The van der Waals surface area contributed by atoms with E-state index in [2.05, 4.69) is 4.90 Å². The van der Waals surface area contributed by atoms with E-state index >= 15 is 0 Å². The van der Waals surface area contributed by atoms with Gasteiger partial charge in [-0.25, -0.2) is 4.39 Å². The van der Waals surface area contributed by atoms with E-state index in [1.165, 1.54) is 12.1 Å². The van der Waals surface area contributed by atoms with Crippen LogP contribution in [0.15, 0.2) is 36.4 Å². The first kappa shape index (κ1) is 21.4. The van der Waals surface area contributed by atoms with Crippen LogP contribution in [0.5, 0.6) is 11.5 Å². The molecule has 1 unspecified atom stereocenters. The fourth-order valence-corrected chi connectivity index (χ4v) is 3.79. The minimum absolute atomic E-state index is 0.0501. The topological polar surface area (TPSA) is 42.0 Å². The van der Waals surface area contributed by atoms with E-state index in [4.69, 9.17) is 21.1 Å². The number of benzene rings is 2. The minimum atomic E-state index is -0.404. The van der Waals surface area contributed by atoms with Crippen LogP contribution in [-0.2, 0) is 11.4 Å². The lowest BCUT2D eigenvalue weighted by molar-refractivity contribution is -0.138. The predicted octanol–water partition coefficient (Wildman–Crippen LogP) is 4.29. The second kappa shape index (κ2) is 9.01. The molecule has 0 aromatic heterocycles. The number of carbonyl (C=O) groups is 1. The van der Waals surface area contributed by atoms with Gasteiger partial charge < -0.3 is 14.4 Å². The zero-order valence-electron chi connectivity index (χ0n) is 17.1. The minimum Gasteiger partial charge on any atom is -0.497 e. The summed E-state index contributed by atoms with van der Waals surface area (Å²) < 4.78 is 25.2. The first-order valence-corrected chi connectivity index (χ1v) is 9.92. The predicted molar refractivity (Wildman–Crippen MR) is 111 cm³/mol. The quantitative estimate of drug-likeness (QED) is 0.699. The average Bonchev–Trinajstić information content (AvgIpc) is 2.70. The molecule has 0 saturated carbocycles. The Hall–Kier alpha value is -2.31. The highest BCUT2D eigenvalue weighted by atomic mass is 35.5. The van der Waals surface area contributed by atoms with Crippen molar-refractivity contribution in [2.45, 2.75) is 32.5 Å². The molecule has 0 spiro atoms. The number of ether oxygens (including phenoxy) is 2. The van der Waals surface area contributed by atoms with Gasteiger partial charge in [0, 0.05) is 31.2 Å². The SMILES string of the molecule is COc1ccc(OCc2c(Cl)cc(F)cc2C(C)N2CC(=O)N(C)[C@H](C)C2)cc1. The molecule has 1 heterocycles. The molecule has 7 heteroatoms. The van der Waals surface area contributed by atoms with Crippen LogP contribution in [0.3, 0.4) is 0 Å². The zero-order valence-corrected chi connectivity index (χ0v) is 17.9. The number of likely N-dealkylation sites (N-methyl/N-ethyl adjacent to an activating group) is 1. The van der Waals surface area contributed by atoms with Crippen LogP contribution in [0.1, 0.15) is 31.0 Å². The van der Waals surface area contributed by atoms with Gasteiger partial charge in [-0.2, -0.15) is 0 Å². The molecule has 1 fully saturated rings. The maximum Gasteiger partial charge on any atom is 0.236 e. The van der Waals surface area contributed by atoms with Crippen molar-refractivity contribution in [2.75, 3.05) is 27.2 Å². The van der Waals surface area contributed by atoms with E-state index in [0.717, 1.165) is 16.9 Å². The van der Waals surface area contributed by atoms with E-state index in [-0.39, 0.29) is 31.1 Å². The Morgan fingerprint density at radius 3 is 2.52 bits per heavy atom. The smallest absolute Gasteiger partial charge is 0.236 e. The lowest BCUT2D eigenvalue weighted by Crippen LogP contribution is -2.54. The van der Waals surface area contributed by atoms with Crippen LogP contribution in [0.25, 0.3) is 0 Å². The van der Waals surface area contributed by atoms with Gasteiger partial charge in [-0.1, -0.05) is 11.6 Å². The Morgan fingerprint density at radius 1 is 1.24 bits per heavy atom. The summed E-state index contributed by atoms with van der Waals surface area (Å²) in [6.45, 7) is 5.16. The Morgan fingerprint density at radius 2 is 1.90 bits per heavy atom. The third-order valence-corrected chi connectivity index (χ3v) is 5.86. The number of rotatable bonds is 6. The number of carbonyl (C=O) groups excluding carboxylic acids is 1. The van der Waals surface area contributed by atoms with Gasteiger partial charge in [0.1, 0.15) is 23.9 Å². The highest BCUT2D eigenvalue weighted by Crippen LogP contribution is 2.32. The highest BCUT2D eigenvalue weighted by molar-refractivity contribution is 6.31. The number of hydrogen-bond donors (Lipinski definition) is 0. The molecule has 5 nitrogen and oxygen atoms in total. The second-order valence-corrected chi connectivity index (χ2v) is 7.79. The van der Waals surface area contributed by atoms with Crippen molar-refractivity contribution >= 4 is 17.5 Å². The summed E-state index contributed by atoms with van der Waals surface area (Å²) in [5.74, 6) is 1.04. The molecule has 0 radical (unpaired) electrons. The Balaban J connectivity index is 1.83. The Bertz CT molecular complexity index is 875. The van der Waals surface area contributed by atoms with Crippen molar-refractivity contribution in [1.82, 2.24) is 9.80 Å². The number of hydrogen-bond acceptors (Lipinski definition) is 4. The van der Waals surface area contributed by atoms with Gasteiger partial charge in [-0.3, -0.25) is 9.69 Å². The molecule has 2 aromatic carbocycles. The van der Waals surface area contributed by atoms with Gasteiger partial charge in [0.05, 0.1) is 18.7 Å². The van der Waals surface area contributed by atoms with Crippen LogP contribution in [0.2, 0.25) is 5.02 Å². The van der Waals surface area contributed by atoms with E-state index in [1.54, 1.807) is 24.1 Å². The third-order valence-electron chi connectivity index (χ3n) is 5.53. The molecule has 0 aliphatic carbocycles. The molecule has 2 atom stereocenters. The van der Waals surface area contributed by atoms with E-state index in [0.29, 0.717) is 17.3 Å². The molecule has 1 saturated heterocycles. The van der Waals surface area contributed by atoms with Gasteiger partial charge >= 0.3 is 0 Å². The maximum absolute atomic E-state index is 14.2. The third kappa shape index (κ3) is 4.82. The van der Waals surface area contributed by atoms with Crippen LogP contribution in [0, 0.1) is 5.82 Å². The molecule has 156 valence electrons. The standard InChI is InChI=1S/C22H26ClFN2O3/c1-14-11-26(12-22(27)25(14)3)15(2)19-9-16(24)10-21(23)20(19)13-29-18-7-5-17(28-4)6-8-18/h5-10,14-15H,11-13H2,1-4H3/t14-,15?/m1/s1. The number of amides is 1. The van der Waals surface area contributed by atoms with Crippen molar-refractivity contribution in [3.05, 3.63) is 58.4 Å². The largest absolute Gasteiger partial charge is 0.497 e. The van der Waals surface area contributed by atoms with E-state index in [9.17, 15) is 9.18 Å². The van der Waals surface area contributed by atoms with Crippen LogP contribution < -0.4 is 9.47 Å². The van der Waals surface area contributed by atoms with Crippen molar-refractivity contribution in [3.8, 4) is 11.5 Å². The van der Waals surface area contributed by atoms with E-state index in [1.807, 2.05) is 33.0 Å². The highest BCUT2D eigenvalue weighted by Gasteiger charge is 2.31. The van der Waals surface area contributed by atoms with Crippen LogP contribution >= 0.6 is 11.6 Å². The monoisotopic (exact) mass is 420 g/mol. The fourth-order valence-electron chi connectivity index (χ4n) is 3.53. The molecule has 0 bridgehead atoms. The van der Waals surface area contributed by atoms with Crippen LogP contribution in [-0.4, -0.2) is 49.0 Å². The summed E-state index contributed by atoms with van der Waals surface area (Å²) in [5, 5.41) is 0.314. The van der Waals surface area contributed by atoms with Crippen molar-refractivity contribution in [3.63, 3.8) is 0 Å². The molecule has 1 amide bonds. The van der Waals surface area contributed by atoms with Crippen LogP contribution in [0.4, 0.5) is 4.39 Å². The molecule has 1 aliphatic heterocycles. The summed E-state index contributed by atoms with van der Waals surface area (Å²) >= 11 is 6.38. The normalized spacial score (nSPS) is 18.6. The van der Waals surface area contributed by atoms with Gasteiger partial charge in [0.25, 0.3) is 0 Å². The Kier molecular flexibility index (Phi) is 6.65. The van der Waals surface area contributed by atoms with Gasteiger partial charge in [-0.15, -0.1) is 0 Å². The Labute approximate surface area is 176 Å². The van der Waals surface area contributed by atoms with Gasteiger partial charge in [0.2, 0.25) is 5.91 Å². The second-order valence-electron chi connectivity index (χ2n) is 7.38. The van der Waals surface area contributed by atoms with Crippen molar-refractivity contribution in [2.24, 2.45) is 0 Å². The lowest BCUT2D eigenvalue weighted by Gasteiger charge is -2.40. The number of halogens is 2. The zero-order chi connectivity index (χ0) is 21.1. The van der Waals surface area contributed by atoms with E-state index < -0.39 is 5.82 Å². The average molecular weight is 421 g/mol.